The first-order chi connectivity index (χ1) is 12.5. The van der Waals surface area contributed by atoms with Crippen molar-refractivity contribution < 1.29 is 24.5 Å². The highest BCUT2D eigenvalue weighted by Crippen LogP contribution is 2.21. The lowest BCUT2D eigenvalue weighted by Gasteiger charge is -2.19. The summed E-state index contributed by atoms with van der Waals surface area (Å²) in [5.41, 5.74) is 2.60. The van der Waals surface area contributed by atoms with Crippen molar-refractivity contribution in [3.05, 3.63) is 70.8 Å². The number of carbonyl (C=O) groups excluding carboxylic acids is 2. The van der Waals surface area contributed by atoms with Crippen LogP contribution in [0.5, 0.6) is 0 Å². The van der Waals surface area contributed by atoms with Gasteiger partial charge in [-0.25, -0.2) is 4.79 Å². The van der Waals surface area contributed by atoms with Crippen LogP contribution >= 0.6 is 0 Å². The van der Waals surface area contributed by atoms with E-state index in [9.17, 15) is 19.8 Å². The van der Waals surface area contributed by atoms with Gasteiger partial charge in [0.05, 0.1) is 6.10 Å². The van der Waals surface area contributed by atoms with Gasteiger partial charge >= 0.3 is 6.09 Å². The Morgan fingerprint density at radius 1 is 1.19 bits per heavy atom. The highest BCUT2D eigenvalue weighted by molar-refractivity contribution is 5.75. The SMILES string of the molecule is Cc1cc(C=O)cc(C(O)C(O)CCNC(=O)OCc2ccccc2)c1. The van der Waals surface area contributed by atoms with E-state index in [2.05, 4.69) is 5.32 Å². The van der Waals surface area contributed by atoms with E-state index in [1.807, 2.05) is 30.3 Å². The molecule has 3 N–H and O–H groups in total. The van der Waals surface area contributed by atoms with Crippen molar-refractivity contribution in [1.82, 2.24) is 5.32 Å². The van der Waals surface area contributed by atoms with Crippen LogP contribution in [0, 0.1) is 6.92 Å². The largest absolute Gasteiger partial charge is 0.445 e. The van der Waals surface area contributed by atoms with Crippen LogP contribution in [-0.2, 0) is 11.3 Å². The number of aliphatic hydroxyl groups excluding tert-OH is 2. The van der Waals surface area contributed by atoms with Crippen molar-refractivity contribution >= 4 is 12.4 Å². The molecule has 0 radical (unpaired) electrons. The first kappa shape index (κ1) is 19.6. The summed E-state index contributed by atoms with van der Waals surface area (Å²) in [5.74, 6) is 0. The fourth-order valence-corrected chi connectivity index (χ4v) is 2.56. The topological polar surface area (TPSA) is 95.9 Å². The van der Waals surface area contributed by atoms with Gasteiger partial charge in [0.25, 0.3) is 0 Å². The Labute approximate surface area is 152 Å². The number of benzene rings is 2. The number of aryl methyl sites for hydroxylation is 1. The van der Waals surface area contributed by atoms with Crippen LogP contribution in [-0.4, -0.2) is 35.2 Å². The van der Waals surface area contributed by atoms with E-state index in [4.69, 9.17) is 4.74 Å². The Hall–Kier alpha value is -2.70. The summed E-state index contributed by atoms with van der Waals surface area (Å²) < 4.78 is 5.07. The van der Waals surface area contributed by atoms with Crippen LogP contribution in [0.15, 0.2) is 48.5 Å². The number of hydrogen-bond acceptors (Lipinski definition) is 5. The van der Waals surface area contributed by atoms with Crippen LogP contribution in [0.2, 0.25) is 0 Å². The second-order valence-electron chi connectivity index (χ2n) is 6.08. The summed E-state index contributed by atoms with van der Waals surface area (Å²) >= 11 is 0. The molecule has 6 heteroatoms. The molecule has 0 aromatic heterocycles. The maximum atomic E-state index is 11.6. The average Bonchev–Trinajstić information content (AvgIpc) is 2.65. The number of nitrogens with one attached hydrogen (secondary N) is 1. The van der Waals surface area contributed by atoms with Crippen molar-refractivity contribution in [1.29, 1.82) is 0 Å². The molecule has 2 aromatic carbocycles. The van der Waals surface area contributed by atoms with Gasteiger partial charge in [-0.3, -0.25) is 4.79 Å². The predicted octanol–water partition coefficient (Wildman–Crippen LogP) is 2.52. The molecule has 0 aliphatic heterocycles. The predicted molar refractivity (Wildman–Crippen MR) is 96.8 cm³/mol. The molecule has 0 spiro atoms. The van der Waals surface area contributed by atoms with Gasteiger partial charge in [0.1, 0.15) is 19.0 Å². The molecule has 6 nitrogen and oxygen atoms in total. The fraction of sp³-hybridized carbons (Fsp3) is 0.300. The molecule has 0 saturated heterocycles. The lowest BCUT2D eigenvalue weighted by Crippen LogP contribution is -2.29. The lowest BCUT2D eigenvalue weighted by atomic mass is 9.98. The van der Waals surface area contributed by atoms with Crippen LogP contribution in [0.1, 0.15) is 39.6 Å². The highest BCUT2D eigenvalue weighted by atomic mass is 16.5. The van der Waals surface area contributed by atoms with Crippen molar-refractivity contribution in [2.24, 2.45) is 0 Å². The molecule has 0 heterocycles. The normalized spacial score (nSPS) is 12.9. The number of aldehydes is 1. The number of alkyl carbamates (subject to hydrolysis) is 1. The number of carbonyl (C=O) groups is 2. The van der Waals surface area contributed by atoms with E-state index >= 15 is 0 Å². The molecule has 26 heavy (non-hydrogen) atoms. The Kier molecular flexibility index (Phi) is 7.32. The molecule has 138 valence electrons. The molecule has 2 unspecified atom stereocenters. The van der Waals surface area contributed by atoms with Crippen molar-refractivity contribution in [2.75, 3.05) is 6.54 Å². The third-order valence-corrected chi connectivity index (χ3v) is 3.89. The molecule has 0 bridgehead atoms. The molecule has 2 aromatic rings. The Morgan fingerprint density at radius 2 is 1.92 bits per heavy atom. The zero-order valence-corrected chi connectivity index (χ0v) is 14.6. The smallest absolute Gasteiger partial charge is 0.407 e. The summed E-state index contributed by atoms with van der Waals surface area (Å²) in [6.45, 7) is 2.12. The van der Waals surface area contributed by atoms with Gasteiger partial charge in [0, 0.05) is 12.1 Å². The third kappa shape index (κ3) is 5.98. The van der Waals surface area contributed by atoms with Gasteiger partial charge in [-0.05, 0) is 36.6 Å². The lowest BCUT2D eigenvalue weighted by molar-refractivity contribution is 0.0136. The van der Waals surface area contributed by atoms with E-state index in [-0.39, 0.29) is 19.6 Å². The van der Waals surface area contributed by atoms with Crippen LogP contribution < -0.4 is 5.32 Å². The van der Waals surface area contributed by atoms with Crippen molar-refractivity contribution in [3.8, 4) is 0 Å². The Bertz CT molecular complexity index is 732. The number of rotatable bonds is 8. The first-order valence-electron chi connectivity index (χ1n) is 8.37. The Morgan fingerprint density at radius 3 is 2.62 bits per heavy atom. The van der Waals surface area contributed by atoms with E-state index in [0.29, 0.717) is 17.4 Å². The minimum absolute atomic E-state index is 0.145. The van der Waals surface area contributed by atoms with Crippen LogP contribution in [0.3, 0.4) is 0 Å². The molecular formula is C20H23NO5. The quantitative estimate of drug-likeness (QED) is 0.631. The van der Waals surface area contributed by atoms with Gasteiger partial charge in [0.15, 0.2) is 0 Å². The summed E-state index contributed by atoms with van der Waals surface area (Å²) in [6, 6.07) is 14.2. The van der Waals surface area contributed by atoms with E-state index < -0.39 is 18.3 Å². The maximum Gasteiger partial charge on any atom is 0.407 e. The van der Waals surface area contributed by atoms with Gasteiger partial charge in [0.2, 0.25) is 0 Å². The summed E-state index contributed by atoms with van der Waals surface area (Å²) in [6.07, 6.45) is -1.97. The molecule has 0 aliphatic rings. The van der Waals surface area contributed by atoms with Gasteiger partial charge in [-0.2, -0.15) is 0 Å². The molecule has 2 atom stereocenters. The van der Waals surface area contributed by atoms with Gasteiger partial charge < -0.3 is 20.3 Å². The zero-order chi connectivity index (χ0) is 18.9. The molecule has 1 amide bonds. The molecular weight excluding hydrogens is 334 g/mol. The first-order valence-corrected chi connectivity index (χ1v) is 8.37. The number of aliphatic hydroxyl groups is 2. The molecule has 0 fully saturated rings. The van der Waals surface area contributed by atoms with Gasteiger partial charge in [-0.15, -0.1) is 0 Å². The molecule has 0 saturated carbocycles. The highest BCUT2D eigenvalue weighted by Gasteiger charge is 2.19. The monoisotopic (exact) mass is 357 g/mol. The van der Waals surface area contributed by atoms with Crippen molar-refractivity contribution in [3.63, 3.8) is 0 Å². The van der Waals surface area contributed by atoms with E-state index in [0.717, 1.165) is 11.1 Å². The third-order valence-electron chi connectivity index (χ3n) is 3.89. The second kappa shape index (κ2) is 9.70. The van der Waals surface area contributed by atoms with E-state index in [1.54, 1.807) is 19.1 Å². The fourth-order valence-electron chi connectivity index (χ4n) is 2.56. The number of amides is 1. The average molecular weight is 357 g/mol. The van der Waals surface area contributed by atoms with Gasteiger partial charge in [-0.1, -0.05) is 42.0 Å². The zero-order valence-electron chi connectivity index (χ0n) is 14.6. The van der Waals surface area contributed by atoms with E-state index in [1.165, 1.54) is 6.07 Å². The minimum Gasteiger partial charge on any atom is -0.445 e. The minimum atomic E-state index is -1.14. The summed E-state index contributed by atoms with van der Waals surface area (Å²) in [7, 11) is 0. The summed E-state index contributed by atoms with van der Waals surface area (Å²) in [5, 5.41) is 22.9. The number of hydrogen-bond donors (Lipinski definition) is 3. The molecule has 2 rings (SSSR count). The second-order valence-corrected chi connectivity index (χ2v) is 6.08. The maximum absolute atomic E-state index is 11.6. The standard InChI is InChI=1S/C20H23NO5/c1-14-9-16(12-22)11-17(10-14)19(24)18(23)7-8-21-20(25)26-13-15-5-3-2-4-6-15/h2-6,9-12,18-19,23-24H,7-8,13H2,1H3,(H,21,25). The van der Waals surface area contributed by atoms with Crippen LogP contribution in [0.25, 0.3) is 0 Å². The molecule has 0 aliphatic carbocycles. The summed E-state index contributed by atoms with van der Waals surface area (Å²) in [4.78, 5) is 22.6. The number of ether oxygens (including phenoxy) is 1. The van der Waals surface area contributed by atoms with Crippen molar-refractivity contribution in [2.45, 2.75) is 32.2 Å². The Balaban J connectivity index is 1.77. The van der Waals surface area contributed by atoms with Crippen LogP contribution in [0.4, 0.5) is 4.79 Å².